The fraction of sp³-hybridized carbons (Fsp3) is 0.0870. The highest BCUT2D eigenvalue weighted by atomic mass is 16.3. The van der Waals surface area contributed by atoms with Crippen molar-refractivity contribution in [1.82, 2.24) is 4.98 Å². The Kier molecular flexibility index (Phi) is 4.49. The van der Waals surface area contributed by atoms with Crippen LogP contribution in [0.1, 0.15) is 22.7 Å². The third kappa shape index (κ3) is 2.97. The van der Waals surface area contributed by atoms with Crippen LogP contribution in [0, 0.1) is 6.92 Å². The van der Waals surface area contributed by atoms with Crippen molar-refractivity contribution in [3.8, 4) is 0 Å². The average Bonchev–Trinajstić information content (AvgIpc) is 3.00. The molecule has 2 heterocycles. The highest BCUT2D eigenvalue weighted by Crippen LogP contribution is 2.41. The summed E-state index contributed by atoms with van der Waals surface area (Å²) in [6.07, 6.45) is 3.14. The summed E-state index contributed by atoms with van der Waals surface area (Å²) in [4.78, 5) is 31.3. The van der Waals surface area contributed by atoms with Gasteiger partial charge in [-0.2, -0.15) is 0 Å². The number of Topliss-reactive ketones (excluding diaryl/α,β-unsaturated/α-hetero) is 1. The van der Waals surface area contributed by atoms with Crippen molar-refractivity contribution in [3.05, 3.63) is 101 Å². The van der Waals surface area contributed by atoms with Gasteiger partial charge < -0.3 is 5.11 Å². The molecule has 2 aromatic carbocycles. The molecular weight excluding hydrogens is 352 g/mol. The molecule has 4 rings (SSSR count). The second-order valence-electron chi connectivity index (χ2n) is 6.66. The number of carbonyl (C=O) groups is 2. The predicted octanol–water partition coefficient (Wildman–Crippen LogP) is 4.02. The van der Waals surface area contributed by atoms with Gasteiger partial charge in [0.05, 0.1) is 23.5 Å². The summed E-state index contributed by atoms with van der Waals surface area (Å²) in [6.45, 7) is 1.96. The van der Waals surface area contributed by atoms with E-state index in [1.54, 1.807) is 42.6 Å². The molecule has 0 saturated carbocycles. The maximum absolute atomic E-state index is 12.9. The number of nitrogens with zero attached hydrogens (tertiary/aromatic N) is 2. The molecule has 0 unspecified atom stereocenters. The molecule has 1 N–H and O–H groups in total. The van der Waals surface area contributed by atoms with Gasteiger partial charge in [-0.1, -0.05) is 60.2 Å². The van der Waals surface area contributed by atoms with E-state index >= 15 is 0 Å². The van der Waals surface area contributed by atoms with Crippen LogP contribution in [0.15, 0.2) is 84.7 Å². The van der Waals surface area contributed by atoms with Crippen LogP contribution in [0.25, 0.3) is 5.76 Å². The van der Waals surface area contributed by atoms with Crippen molar-refractivity contribution in [3.63, 3.8) is 0 Å². The van der Waals surface area contributed by atoms with Gasteiger partial charge in [0.1, 0.15) is 5.76 Å². The number of rotatable bonds is 3. The summed E-state index contributed by atoms with van der Waals surface area (Å²) in [5, 5.41) is 10.9. The Morgan fingerprint density at radius 2 is 1.68 bits per heavy atom. The van der Waals surface area contributed by atoms with Crippen molar-refractivity contribution in [1.29, 1.82) is 0 Å². The van der Waals surface area contributed by atoms with E-state index in [2.05, 4.69) is 4.98 Å². The van der Waals surface area contributed by atoms with Gasteiger partial charge >= 0.3 is 0 Å². The van der Waals surface area contributed by atoms with Crippen LogP contribution in [0.4, 0.5) is 5.69 Å². The summed E-state index contributed by atoms with van der Waals surface area (Å²) < 4.78 is 0. The van der Waals surface area contributed by atoms with Crippen LogP contribution >= 0.6 is 0 Å². The van der Waals surface area contributed by atoms with Crippen LogP contribution in [0.2, 0.25) is 0 Å². The number of hydrogen-bond donors (Lipinski definition) is 1. The fourth-order valence-electron chi connectivity index (χ4n) is 3.41. The Hall–Kier alpha value is -3.73. The minimum Gasteiger partial charge on any atom is -0.507 e. The van der Waals surface area contributed by atoms with Gasteiger partial charge in [0.15, 0.2) is 0 Å². The van der Waals surface area contributed by atoms with Gasteiger partial charge in [0.2, 0.25) is 0 Å². The molecule has 5 nitrogen and oxygen atoms in total. The van der Waals surface area contributed by atoms with Crippen LogP contribution < -0.4 is 4.90 Å². The molecule has 28 heavy (non-hydrogen) atoms. The van der Waals surface area contributed by atoms with Crippen molar-refractivity contribution < 1.29 is 14.7 Å². The summed E-state index contributed by atoms with van der Waals surface area (Å²) in [7, 11) is 0. The van der Waals surface area contributed by atoms with Gasteiger partial charge in [-0.05, 0) is 24.6 Å². The van der Waals surface area contributed by atoms with Crippen molar-refractivity contribution in [2.45, 2.75) is 13.0 Å². The molecule has 5 heteroatoms. The highest BCUT2D eigenvalue weighted by Gasteiger charge is 2.46. The zero-order chi connectivity index (χ0) is 19.7. The molecule has 0 bridgehead atoms. The number of amides is 1. The standard InChI is InChI=1S/C23H18N2O3/c1-15-9-11-16(12-10-15)20-19(21(26)17-6-3-2-4-7-17)22(27)23(28)25(20)18-8-5-13-24-14-18/h2-14,20,26H,1H3/t20-/m0/s1. The Labute approximate surface area is 162 Å². The van der Waals surface area contributed by atoms with Crippen LogP contribution in [-0.4, -0.2) is 21.8 Å². The maximum atomic E-state index is 12.9. The Morgan fingerprint density at radius 1 is 0.964 bits per heavy atom. The topological polar surface area (TPSA) is 70.5 Å². The summed E-state index contributed by atoms with van der Waals surface area (Å²) in [5.74, 6) is -1.58. The third-order valence-electron chi connectivity index (χ3n) is 4.81. The lowest BCUT2D eigenvalue weighted by molar-refractivity contribution is -0.132. The lowest BCUT2D eigenvalue weighted by Crippen LogP contribution is -2.29. The number of carbonyl (C=O) groups excluding carboxylic acids is 2. The molecule has 1 atom stereocenters. The number of hydrogen-bond acceptors (Lipinski definition) is 4. The lowest BCUT2D eigenvalue weighted by atomic mass is 9.94. The molecule has 138 valence electrons. The SMILES string of the molecule is Cc1ccc([C@H]2C(=C(O)c3ccccc3)C(=O)C(=O)N2c2cccnc2)cc1. The second kappa shape index (κ2) is 7.12. The molecule has 1 aromatic heterocycles. The van der Waals surface area contributed by atoms with E-state index in [0.717, 1.165) is 11.1 Å². The molecule has 0 spiro atoms. The number of pyridine rings is 1. The number of aliphatic hydroxyl groups excluding tert-OH is 1. The van der Waals surface area contributed by atoms with E-state index < -0.39 is 17.7 Å². The van der Waals surface area contributed by atoms with E-state index in [9.17, 15) is 14.7 Å². The van der Waals surface area contributed by atoms with E-state index in [0.29, 0.717) is 11.3 Å². The number of aromatic nitrogens is 1. The molecule has 0 radical (unpaired) electrons. The first kappa shape index (κ1) is 17.7. The van der Waals surface area contributed by atoms with E-state index in [1.807, 2.05) is 37.3 Å². The minimum absolute atomic E-state index is 0.0731. The zero-order valence-corrected chi connectivity index (χ0v) is 15.2. The first-order chi connectivity index (χ1) is 13.6. The molecule has 0 aliphatic carbocycles. The van der Waals surface area contributed by atoms with E-state index in [1.165, 1.54) is 11.1 Å². The second-order valence-corrected chi connectivity index (χ2v) is 6.66. The predicted molar refractivity (Wildman–Crippen MR) is 107 cm³/mol. The first-order valence-electron chi connectivity index (χ1n) is 8.91. The van der Waals surface area contributed by atoms with Gasteiger partial charge in [0.25, 0.3) is 11.7 Å². The molecule has 1 aliphatic heterocycles. The summed E-state index contributed by atoms with van der Waals surface area (Å²) in [5.41, 5.74) is 2.87. The first-order valence-corrected chi connectivity index (χ1v) is 8.91. The van der Waals surface area contributed by atoms with Gasteiger partial charge in [-0.3, -0.25) is 19.5 Å². The number of aryl methyl sites for hydroxylation is 1. The molecule has 3 aromatic rings. The third-order valence-corrected chi connectivity index (χ3v) is 4.81. The normalized spacial score (nSPS) is 18.5. The van der Waals surface area contributed by atoms with Crippen LogP contribution in [0.3, 0.4) is 0 Å². The molecule has 1 aliphatic rings. The minimum atomic E-state index is -0.731. The number of anilines is 1. The van der Waals surface area contributed by atoms with Crippen LogP contribution in [0.5, 0.6) is 0 Å². The largest absolute Gasteiger partial charge is 0.507 e. The molecule has 1 saturated heterocycles. The lowest BCUT2D eigenvalue weighted by Gasteiger charge is -2.25. The Bertz CT molecular complexity index is 1060. The molecule has 1 amide bonds. The smallest absolute Gasteiger partial charge is 0.300 e. The number of ketones is 1. The Morgan fingerprint density at radius 3 is 2.32 bits per heavy atom. The van der Waals surface area contributed by atoms with E-state index in [4.69, 9.17) is 0 Å². The fourth-order valence-corrected chi connectivity index (χ4v) is 3.41. The van der Waals surface area contributed by atoms with Gasteiger partial charge in [-0.15, -0.1) is 0 Å². The zero-order valence-electron chi connectivity index (χ0n) is 15.2. The monoisotopic (exact) mass is 370 g/mol. The molecular formula is C23H18N2O3. The van der Waals surface area contributed by atoms with Crippen molar-refractivity contribution in [2.75, 3.05) is 4.90 Å². The quantitative estimate of drug-likeness (QED) is 0.429. The van der Waals surface area contributed by atoms with Gasteiger partial charge in [-0.25, -0.2) is 0 Å². The number of aliphatic hydroxyl groups is 1. The summed E-state index contributed by atoms with van der Waals surface area (Å²) in [6, 6.07) is 19.1. The van der Waals surface area contributed by atoms with Crippen LogP contribution in [-0.2, 0) is 9.59 Å². The Balaban J connectivity index is 1.95. The van der Waals surface area contributed by atoms with Crippen molar-refractivity contribution in [2.24, 2.45) is 0 Å². The highest BCUT2D eigenvalue weighted by molar-refractivity contribution is 6.51. The molecule has 1 fully saturated rings. The maximum Gasteiger partial charge on any atom is 0.300 e. The van der Waals surface area contributed by atoms with Crippen molar-refractivity contribution >= 4 is 23.1 Å². The number of benzene rings is 2. The van der Waals surface area contributed by atoms with Gasteiger partial charge in [0, 0.05) is 11.8 Å². The summed E-state index contributed by atoms with van der Waals surface area (Å²) >= 11 is 0. The average molecular weight is 370 g/mol. The van der Waals surface area contributed by atoms with E-state index in [-0.39, 0.29) is 11.3 Å².